The van der Waals surface area contributed by atoms with Crippen LogP contribution in [0.3, 0.4) is 0 Å². The molecule has 0 radical (unpaired) electrons. The van der Waals surface area contributed by atoms with Crippen LogP contribution in [0.2, 0.25) is 0 Å². The average molecular weight is 810 g/mol. The summed E-state index contributed by atoms with van der Waals surface area (Å²) in [4.78, 5) is 26.0. The van der Waals surface area contributed by atoms with Gasteiger partial charge in [-0.05, 0) is 64.2 Å². The molecule has 3 N–H and O–H groups in total. The van der Waals surface area contributed by atoms with Crippen LogP contribution in [0, 0.1) is 0 Å². The van der Waals surface area contributed by atoms with Crippen molar-refractivity contribution in [3.05, 3.63) is 72.9 Å². The highest BCUT2D eigenvalue weighted by atomic mass is 16.5. The summed E-state index contributed by atoms with van der Waals surface area (Å²) in [6.07, 6.45) is 56.8. The normalized spacial score (nSPS) is 13.9. The molecule has 0 aromatic rings. The molecule has 0 rings (SSSR count). The van der Waals surface area contributed by atoms with Crippen molar-refractivity contribution in [3.63, 3.8) is 0 Å². The van der Waals surface area contributed by atoms with Gasteiger partial charge in [0.1, 0.15) is 6.10 Å². The monoisotopic (exact) mass is 810 g/mol. The summed E-state index contributed by atoms with van der Waals surface area (Å²) in [5.74, 6) is -0.560. The van der Waals surface area contributed by atoms with E-state index in [0.717, 1.165) is 64.2 Å². The molecule has 0 aromatic heterocycles. The molecule has 58 heavy (non-hydrogen) atoms. The molecule has 1 amide bonds. The number of rotatable bonds is 42. The first kappa shape index (κ1) is 55.3. The van der Waals surface area contributed by atoms with Gasteiger partial charge in [0.25, 0.3) is 0 Å². The van der Waals surface area contributed by atoms with E-state index >= 15 is 0 Å². The number of carbonyl (C=O) groups is 2. The molecule has 0 spiro atoms. The zero-order chi connectivity index (χ0) is 42.4. The van der Waals surface area contributed by atoms with E-state index in [1.165, 1.54) is 109 Å². The minimum Gasteiger partial charge on any atom is -0.462 e. The Hall–Kier alpha value is -2.70. The van der Waals surface area contributed by atoms with E-state index in [2.05, 4.69) is 62.5 Å². The Morgan fingerprint density at radius 1 is 0.517 bits per heavy atom. The molecule has 3 unspecified atom stereocenters. The van der Waals surface area contributed by atoms with Crippen molar-refractivity contribution in [2.45, 2.75) is 238 Å². The quantitative estimate of drug-likeness (QED) is 0.0324. The number of allylic oxidation sites excluding steroid dienone is 12. The summed E-state index contributed by atoms with van der Waals surface area (Å²) in [6, 6.07) is -0.726. The molecule has 0 saturated heterocycles. The van der Waals surface area contributed by atoms with Crippen LogP contribution in [-0.2, 0) is 14.3 Å². The van der Waals surface area contributed by atoms with Gasteiger partial charge in [-0.15, -0.1) is 0 Å². The average Bonchev–Trinajstić information content (AvgIpc) is 3.22. The molecule has 3 atom stereocenters. The molecule has 0 heterocycles. The summed E-state index contributed by atoms with van der Waals surface area (Å²) < 4.78 is 5.87. The topological polar surface area (TPSA) is 95.9 Å². The number of amides is 1. The highest BCUT2D eigenvalue weighted by molar-refractivity contribution is 5.77. The van der Waals surface area contributed by atoms with Crippen molar-refractivity contribution in [2.75, 3.05) is 6.61 Å². The predicted molar refractivity (Wildman–Crippen MR) is 250 cm³/mol. The molecular weight excluding hydrogens is 719 g/mol. The Morgan fingerprint density at radius 3 is 1.50 bits per heavy atom. The maximum Gasteiger partial charge on any atom is 0.306 e. The van der Waals surface area contributed by atoms with Crippen LogP contribution in [0.5, 0.6) is 0 Å². The summed E-state index contributed by atoms with van der Waals surface area (Å²) in [6.45, 7) is 6.27. The van der Waals surface area contributed by atoms with Crippen molar-refractivity contribution in [2.24, 2.45) is 0 Å². The Labute approximate surface area is 358 Å². The molecule has 0 fully saturated rings. The van der Waals surface area contributed by atoms with E-state index in [0.29, 0.717) is 19.3 Å². The molecule has 0 saturated carbocycles. The van der Waals surface area contributed by atoms with Gasteiger partial charge in [-0.1, -0.05) is 216 Å². The third-order valence-electron chi connectivity index (χ3n) is 10.6. The molecule has 0 aliphatic heterocycles. The zero-order valence-corrected chi connectivity index (χ0v) is 37.9. The van der Waals surface area contributed by atoms with Gasteiger partial charge >= 0.3 is 5.97 Å². The Kier molecular flexibility index (Phi) is 43.3. The van der Waals surface area contributed by atoms with Gasteiger partial charge in [-0.25, -0.2) is 0 Å². The Morgan fingerprint density at radius 2 is 0.948 bits per heavy atom. The van der Waals surface area contributed by atoms with Crippen LogP contribution in [-0.4, -0.2) is 46.9 Å². The standard InChI is InChI=1S/C52H91NO5/c1-4-7-10-13-16-19-22-24-25-27-30-33-36-39-42-45-52(57)58-48(43-40-37-34-31-28-21-18-15-12-9-6-3)46-51(56)53-49(47-54)50(55)44-41-38-35-32-29-26-23-20-17-14-11-8-5-2/h9,12,15-16,18-19,21-22,24,28,31,34,48-50,54-55H,4-8,10-11,13-14,17,20,23,25-27,29-30,32-33,35-47H2,1-3H3,(H,53,56)/b12-9+,18-15+,19-16+,24-22+,28-21-,34-31-. The lowest BCUT2D eigenvalue weighted by atomic mass is 10.0. The fourth-order valence-corrected chi connectivity index (χ4v) is 6.97. The van der Waals surface area contributed by atoms with E-state index in [1.54, 1.807) is 0 Å². The SMILES string of the molecule is CC/C=C/C=C/C=C\C=C/CCCC(CC(=O)NC(CO)C(O)CCCCCCCCCCCCCCC)OC(=O)CCCCCCCC/C=C/C=C/CCCCC. The second-order valence-corrected chi connectivity index (χ2v) is 16.2. The van der Waals surface area contributed by atoms with Crippen LogP contribution < -0.4 is 5.32 Å². The summed E-state index contributed by atoms with van der Waals surface area (Å²) in [5.41, 5.74) is 0. The lowest BCUT2D eigenvalue weighted by molar-refractivity contribution is -0.151. The van der Waals surface area contributed by atoms with Crippen LogP contribution >= 0.6 is 0 Å². The summed E-state index contributed by atoms with van der Waals surface area (Å²) in [7, 11) is 0. The van der Waals surface area contributed by atoms with Gasteiger partial charge in [-0.3, -0.25) is 9.59 Å². The fourth-order valence-electron chi connectivity index (χ4n) is 6.97. The van der Waals surface area contributed by atoms with Gasteiger partial charge in [0, 0.05) is 6.42 Å². The number of ether oxygens (including phenoxy) is 1. The van der Waals surface area contributed by atoms with E-state index < -0.39 is 18.2 Å². The summed E-state index contributed by atoms with van der Waals surface area (Å²) in [5, 5.41) is 23.7. The lowest BCUT2D eigenvalue weighted by Crippen LogP contribution is -2.46. The second-order valence-electron chi connectivity index (χ2n) is 16.2. The second kappa shape index (κ2) is 45.4. The van der Waals surface area contributed by atoms with Crippen molar-refractivity contribution in [3.8, 4) is 0 Å². The third-order valence-corrected chi connectivity index (χ3v) is 10.6. The number of carbonyl (C=O) groups excluding carboxylic acids is 2. The Bertz CT molecular complexity index is 1090. The minimum atomic E-state index is -0.808. The first-order valence-electron chi connectivity index (χ1n) is 24.2. The number of aliphatic hydroxyl groups excluding tert-OH is 2. The molecule has 0 aliphatic rings. The van der Waals surface area contributed by atoms with Gasteiger partial charge in [0.05, 0.1) is 25.2 Å². The number of nitrogens with one attached hydrogen (secondary N) is 1. The Balaban J connectivity index is 4.65. The van der Waals surface area contributed by atoms with Crippen LogP contribution in [0.25, 0.3) is 0 Å². The van der Waals surface area contributed by atoms with Crippen molar-refractivity contribution in [1.82, 2.24) is 5.32 Å². The molecule has 0 bridgehead atoms. The lowest BCUT2D eigenvalue weighted by Gasteiger charge is -2.24. The number of esters is 1. The minimum absolute atomic E-state index is 0.0243. The molecular formula is C52H91NO5. The van der Waals surface area contributed by atoms with Crippen molar-refractivity contribution in [1.29, 1.82) is 0 Å². The molecule has 6 heteroatoms. The van der Waals surface area contributed by atoms with Crippen LogP contribution in [0.15, 0.2) is 72.9 Å². The zero-order valence-electron chi connectivity index (χ0n) is 37.9. The molecule has 0 aliphatic carbocycles. The first-order chi connectivity index (χ1) is 28.5. The van der Waals surface area contributed by atoms with E-state index in [9.17, 15) is 19.8 Å². The van der Waals surface area contributed by atoms with Gasteiger partial charge < -0.3 is 20.3 Å². The van der Waals surface area contributed by atoms with Crippen molar-refractivity contribution < 1.29 is 24.5 Å². The first-order valence-corrected chi connectivity index (χ1v) is 24.2. The van der Waals surface area contributed by atoms with E-state index in [4.69, 9.17) is 4.74 Å². The molecule has 6 nitrogen and oxygen atoms in total. The highest BCUT2D eigenvalue weighted by Crippen LogP contribution is 2.17. The van der Waals surface area contributed by atoms with Gasteiger partial charge in [0.15, 0.2) is 0 Å². The number of unbranched alkanes of at least 4 members (excludes halogenated alkanes) is 22. The van der Waals surface area contributed by atoms with Gasteiger partial charge in [-0.2, -0.15) is 0 Å². The van der Waals surface area contributed by atoms with Crippen LogP contribution in [0.4, 0.5) is 0 Å². The number of hydrogen-bond acceptors (Lipinski definition) is 5. The molecule has 0 aromatic carbocycles. The largest absolute Gasteiger partial charge is 0.462 e. The van der Waals surface area contributed by atoms with Gasteiger partial charge in [0.2, 0.25) is 5.91 Å². The summed E-state index contributed by atoms with van der Waals surface area (Å²) >= 11 is 0. The third kappa shape index (κ3) is 40.1. The fraction of sp³-hybridized carbons (Fsp3) is 0.731. The van der Waals surface area contributed by atoms with Crippen molar-refractivity contribution >= 4 is 11.9 Å². The van der Waals surface area contributed by atoms with E-state index in [1.807, 2.05) is 36.5 Å². The van der Waals surface area contributed by atoms with Crippen LogP contribution in [0.1, 0.15) is 220 Å². The smallest absolute Gasteiger partial charge is 0.306 e. The maximum atomic E-state index is 13.1. The highest BCUT2D eigenvalue weighted by Gasteiger charge is 2.24. The number of hydrogen-bond donors (Lipinski definition) is 3. The van der Waals surface area contributed by atoms with E-state index in [-0.39, 0.29) is 24.9 Å². The number of aliphatic hydroxyl groups is 2. The molecule has 334 valence electrons. The predicted octanol–water partition coefficient (Wildman–Crippen LogP) is 14.2. The maximum absolute atomic E-state index is 13.1.